The molecule has 1 aliphatic heterocycles. The Morgan fingerprint density at radius 2 is 1.83 bits per heavy atom. The zero-order chi connectivity index (χ0) is 33.9. The summed E-state index contributed by atoms with van der Waals surface area (Å²) in [6.07, 6.45) is 3.10. The molecule has 0 aliphatic carbocycles. The molecule has 4 heterocycles. The average molecular weight is 647 g/mol. The molecule has 0 radical (unpaired) electrons. The van der Waals surface area contributed by atoms with Gasteiger partial charge in [0.25, 0.3) is 0 Å². The van der Waals surface area contributed by atoms with Gasteiger partial charge in [-0.25, -0.2) is 19.3 Å². The number of amides is 1. The first-order valence-corrected chi connectivity index (χ1v) is 16.1. The fourth-order valence-electron chi connectivity index (χ4n) is 5.86. The van der Waals surface area contributed by atoms with E-state index in [2.05, 4.69) is 43.6 Å². The van der Waals surface area contributed by atoms with Crippen molar-refractivity contribution < 1.29 is 24.2 Å². The SMILES string of the molecule is Cc1cc(C(=O)O)cc(-c2cnn(C)c2OCCCC(C)Cn2c(N)nc3ccc(CN4CCN(C(=O)OC(C)(C)C)CC4)cc32)n1. The van der Waals surface area contributed by atoms with Crippen LogP contribution in [0.15, 0.2) is 36.5 Å². The third-order valence-corrected chi connectivity index (χ3v) is 8.21. The number of rotatable bonds is 11. The molecule has 1 saturated heterocycles. The van der Waals surface area contributed by atoms with E-state index in [9.17, 15) is 14.7 Å². The molecule has 3 aromatic heterocycles. The molecule has 252 valence electrons. The number of ether oxygens (including phenoxy) is 2. The Balaban J connectivity index is 1.15. The van der Waals surface area contributed by atoms with Gasteiger partial charge in [0.1, 0.15) is 5.60 Å². The van der Waals surface area contributed by atoms with Crippen LogP contribution in [-0.2, 0) is 24.9 Å². The van der Waals surface area contributed by atoms with Gasteiger partial charge in [0, 0.05) is 52.0 Å². The van der Waals surface area contributed by atoms with Gasteiger partial charge in [0.05, 0.1) is 40.7 Å². The number of hydrogen-bond acceptors (Lipinski definition) is 9. The number of anilines is 1. The summed E-state index contributed by atoms with van der Waals surface area (Å²) in [6.45, 7) is 14.4. The van der Waals surface area contributed by atoms with Gasteiger partial charge < -0.3 is 29.8 Å². The summed E-state index contributed by atoms with van der Waals surface area (Å²) in [7, 11) is 1.79. The smallest absolute Gasteiger partial charge is 0.410 e. The lowest BCUT2D eigenvalue weighted by Crippen LogP contribution is -2.49. The number of aromatic nitrogens is 5. The van der Waals surface area contributed by atoms with E-state index in [0.717, 1.165) is 50.1 Å². The Bertz CT molecular complexity index is 1730. The first-order chi connectivity index (χ1) is 22.3. The Morgan fingerprint density at radius 1 is 1.09 bits per heavy atom. The summed E-state index contributed by atoms with van der Waals surface area (Å²) in [5.41, 5.74) is 10.9. The predicted octanol–water partition coefficient (Wildman–Crippen LogP) is 4.97. The van der Waals surface area contributed by atoms with Crippen LogP contribution in [0, 0.1) is 12.8 Å². The number of benzene rings is 1. The first kappa shape index (κ1) is 33.7. The number of pyridine rings is 1. The Hall–Kier alpha value is -4.65. The van der Waals surface area contributed by atoms with Crippen molar-refractivity contribution in [2.75, 3.05) is 38.5 Å². The monoisotopic (exact) mass is 646 g/mol. The number of aryl methyl sites for hydroxylation is 2. The molecule has 13 heteroatoms. The number of carboxylic acid groups (broad SMARTS) is 1. The molecule has 13 nitrogen and oxygen atoms in total. The number of nitrogens with zero attached hydrogens (tertiary/aromatic N) is 7. The number of fused-ring (bicyclic) bond motifs is 1. The Kier molecular flexibility index (Phi) is 10.0. The average Bonchev–Trinajstić information content (AvgIpc) is 3.52. The number of nitrogen functional groups attached to an aromatic ring is 1. The molecule has 1 aliphatic rings. The number of imidazole rings is 1. The van der Waals surface area contributed by atoms with Crippen molar-refractivity contribution in [3.8, 4) is 17.1 Å². The summed E-state index contributed by atoms with van der Waals surface area (Å²) in [5, 5.41) is 13.8. The predicted molar refractivity (Wildman–Crippen MR) is 179 cm³/mol. The van der Waals surface area contributed by atoms with Crippen LogP contribution in [0.1, 0.15) is 62.2 Å². The normalized spacial score (nSPS) is 14.8. The second-order valence-electron chi connectivity index (χ2n) is 13.4. The molecule has 4 aromatic rings. The number of carboxylic acids is 1. The van der Waals surface area contributed by atoms with Crippen molar-refractivity contribution in [2.45, 2.75) is 66.2 Å². The van der Waals surface area contributed by atoms with Gasteiger partial charge in [0.2, 0.25) is 11.8 Å². The number of carbonyl (C=O) groups excluding carboxylic acids is 1. The lowest BCUT2D eigenvalue weighted by Gasteiger charge is -2.35. The first-order valence-electron chi connectivity index (χ1n) is 16.1. The minimum atomic E-state index is -1.00. The van der Waals surface area contributed by atoms with E-state index in [1.165, 1.54) is 5.56 Å². The summed E-state index contributed by atoms with van der Waals surface area (Å²) >= 11 is 0. The zero-order valence-corrected chi connectivity index (χ0v) is 28.2. The number of nitrogens with two attached hydrogens (primary N) is 1. The van der Waals surface area contributed by atoms with E-state index in [-0.39, 0.29) is 11.7 Å². The maximum absolute atomic E-state index is 12.4. The van der Waals surface area contributed by atoms with E-state index in [4.69, 9.17) is 15.2 Å². The van der Waals surface area contributed by atoms with Crippen LogP contribution < -0.4 is 10.5 Å². The zero-order valence-electron chi connectivity index (χ0n) is 28.2. The highest BCUT2D eigenvalue weighted by Gasteiger charge is 2.26. The largest absolute Gasteiger partial charge is 0.478 e. The molecule has 1 aromatic carbocycles. The van der Waals surface area contributed by atoms with Crippen molar-refractivity contribution in [1.82, 2.24) is 34.1 Å². The van der Waals surface area contributed by atoms with Gasteiger partial charge >= 0.3 is 12.1 Å². The lowest BCUT2D eigenvalue weighted by molar-refractivity contribution is 0.0139. The van der Waals surface area contributed by atoms with Crippen molar-refractivity contribution in [2.24, 2.45) is 13.0 Å². The van der Waals surface area contributed by atoms with E-state index >= 15 is 0 Å². The maximum Gasteiger partial charge on any atom is 0.410 e. The van der Waals surface area contributed by atoms with Crippen LogP contribution in [0.5, 0.6) is 5.88 Å². The van der Waals surface area contributed by atoms with Gasteiger partial charge in [-0.1, -0.05) is 13.0 Å². The summed E-state index contributed by atoms with van der Waals surface area (Å²) in [5.74, 6) is 0.355. The van der Waals surface area contributed by atoms with Gasteiger partial charge in [-0.05, 0) is 76.3 Å². The van der Waals surface area contributed by atoms with Crippen LogP contribution in [-0.4, -0.2) is 89.7 Å². The van der Waals surface area contributed by atoms with Crippen molar-refractivity contribution >= 4 is 29.0 Å². The van der Waals surface area contributed by atoms with E-state index in [1.54, 1.807) is 41.9 Å². The van der Waals surface area contributed by atoms with Gasteiger partial charge in [-0.15, -0.1) is 0 Å². The third-order valence-electron chi connectivity index (χ3n) is 8.21. The van der Waals surface area contributed by atoms with E-state index in [1.807, 2.05) is 26.8 Å². The highest BCUT2D eigenvalue weighted by molar-refractivity contribution is 5.89. The quantitative estimate of drug-likeness (QED) is 0.214. The van der Waals surface area contributed by atoms with E-state index in [0.29, 0.717) is 54.4 Å². The maximum atomic E-state index is 12.4. The summed E-state index contributed by atoms with van der Waals surface area (Å²) in [4.78, 5) is 37.2. The van der Waals surface area contributed by atoms with Crippen molar-refractivity contribution in [1.29, 1.82) is 0 Å². The van der Waals surface area contributed by atoms with Crippen molar-refractivity contribution in [3.05, 3.63) is 53.3 Å². The lowest BCUT2D eigenvalue weighted by atomic mass is 10.1. The molecular formula is C34H46N8O5. The van der Waals surface area contributed by atoms with Crippen LogP contribution >= 0.6 is 0 Å². The molecule has 1 atom stereocenters. The minimum Gasteiger partial charge on any atom is -0.478 e. The molecule has 0 spiro atoms. The second kappa shape index (κ2) is 14.0. The molecule has 1 fully saturated rings. The van der Waals surface area contributed by atoms with Crippen LogP contribution in [0.25, 0.3) is 22.3 Å². The van der Waals surface area contributed by atoms with Crippen LogP contribution in [0.4, 0.5) is 10.7 Å². The van der Waals surface area contributed by atoms with E-state index < -0.39 is 11.6 Å². The highest BCUT2D eigenvalue weighted by atomic mass is 16.6. The number of hydrogen-bond donors (Lipinski definition) is 2. The van der Waals surface area contributed by atoms with Crippen LogP contribution in [0.3, 0.4) is 0 Å². The molecular weight excluding hydrogens is 600 g/mol. The highest BCUT2D eigenvalue weighted by Crippen LogP contribution is 2.30. The fraction of sp³-hybridized carbons (Fsp3) is 0.500. The van der Waals surface area contributed by atoms with Gasteiger partial charge in [-0.3, -0.25) is 9.88 Å². The molecule has 5 rings (SSSR count). The number of aromatic carboxylic acids is 1. The molecule has 0 saturated carbocycles. The summed E-state index contributed by atoms with van der Waals surface area (Å²) in [6, 6.07) is 9.38. The van der Waals surface area contributed by atoms with Crippen LogP contribution in [0.2, 0.25) is 0 Å². The molecule has 0 bridgehead atoms. The fourth-order valence-corrected chi connectivity index (χ4v) is 5.86. The van der Waals surface area contributed by atoms with Crippen molar-refractivity contribution in [3.63, 3.8) is 0 Å². The van der Waals surface area contributed by atoms with Gasteiger partial charge in [0.15, 0.2) is 0 Å². The number of carbonyl (C=O) groups is 2. The molecule has 1 unspecified atom stereocenters. The second-order valence-corrected chi connectivity index (χ2v) is 13.4. The number of piperazine rings is 1. The van der Waals surface area contributed by atoms with Gasteiger partial charge in [-0.2, -0.15) is 5.10 Å². The third kappa shape index (κ3) is 8.39. The molecule has 3 N–H and O–H groups in total. The Morgan fingerprint density at radius 3 is 2.53 bits per heavy atom. The topological polar surface area (TPSA) is 154 Å². The Labute approximate surface area is 275 Å². The minimum absolute atomic E-state index is 0.174. The standard InChI is InChI=1S/C34H46N8O5/c1-22(8-7-15-46-30-26(19-36-39(30)6)28-18-25(31(43)44)16-23(2)37-28)20-42-29-17-24(9-10-27(29)38-32(42)35)21-40-11-13-41(14-12-40)33(45)47-34(3,4)5/h9-10,16-19,22H,7-8,11-15,20-21H2,1-6H3,(H2,35,38)(H,43,44). The molecule has 47 heavy (non-hydrogen) atoms. The summed E-state index contributed by atoms with van der Waals surface area (Å²) < 4.78 is 15.4. The molecule has 1 amide bonds.